The summed E-state index contributed by atoms with van der Waals surface area (Å²) < 4.78 is 35.6. The Labute approximate surface area is 273 Å². The van der Waals surface area contributed by atoms with Crippen molar-refractivity contribution < 1.29 is 18.6 Å². The molecule has 13 nitrogen and oxygen atoms in total. The van der Waals surface area contributed by atoms with Crippen LogP contribution in [0.5, 0.6) is 5.75 Å². The van der Waals surface area contributed by atoms with E-state index in [1.165, 1.54) is 6.07 Å². The highest BCUT2D eigenvalue weighted by Gasteiger charge is 2.25. The summed E-state index contributed by atoms with van der Waals surface area (Å²) >= 11 is 0. The molecule has 0 radical (unpaired) electrons. The van der Waals surface area contributed by atoms with Gasteiger partial charge in [-0.1, -0.05) is 11.3 Å². The molecule has 0 N–H and O–H groups in total. The highest BCUT2D eigenvalue weighted by Crippen LogP contribution is 2.26. The number of allylic oxidation sites excluding steroid dienone is 1. The number of morpholine rings is 2. The number of benzene rings is 1. The molecule has 14 heteroatoms. The number of hydrogen-bond donors (Lipinski definition) is 0. The fourth-order valence-corrected chi connectivity index (χ4v) is 5.41. The molecule has 0 unspecified atom stereocenters. The van der Waals surface area contributed by atoms with Gasteiger partial charge in [-0.2, -0.15) is 5.10 Å². The number of aliphatic imine (C=N–C) groups is 1. The molecule has 3 aromatic heterocycles. The maximum Gasteiger partial charge on any atom is 0.225 e. The largest absolute Gasteiger partial charge is 0.489 e. The number of aromatic nitrogens is 7. The summed E-state index contributed by atoms with van der Waals surface area (Å²) in [6.07, 6.45) is 10.5. The lowest BCUT2D eigenvalue weighted by atomic mass is 10.1. The topological polar surface area (TPSA) is 121 Å². The van der Waals surface area contributed by atoms with E-state index in [2.05, 4.69) is 40.9 Å². The van der Waals surface area contributed by atoms with E-state index < -0.39 is 5.82 Å². The number of ether oxygens (including phenoxy) is 3. The van der Waals surface area contributed by atoms with E-state index >= 15 is 0 Å². The van der Waals surface area contributed by atoms with Crippen molar-refractivity contribution in [2.24, 2.45) is 12.0 Å². The maximum atomic E-state index is 14.9. The van der Waals surface area contributed by atoms with Crippen LogP contribution in [0.3, 0.4) is 0 Å². The molecular weight excluding hydrogens is 603 g/mol. The SMILES string of the molecule is CC=C=CC(=Nc1c(C)nnn1C[C@@H]1CN(c2ncc(-c3ccc(OCCN4CCOCC4)c(F)c3)cn2)CCO1)c1cnn(C)c1. The predicted molar refractivity (Wildman–Crippen MR) is 175 cm³/mol. The second kappa shape index (κ2) is 15.2. The minimum absolute atomic E-state index is 0.195. The lowest BCUT2D eigenvalue weighted by Gasteiger charge is -2.32. The van der Waals surface area contributed by atoms with Gasteiger partial charge in [0, 0.05) is 75.6 Å². The highest BCUT2D eigenvalue weighted by molar-refractivity contribution is 6.09. The summed E-state index contributed by atoms with van der Waals surface area (Å²) in [5.41, 5.74) is 6.77. The van der Waals surface area contributed by atoms with Crippen LogP contribution in [0.1, 0.15) is 18.2 Å². The first-order chi connectivity index (χ1) is 23.0. The van der Waals surface area contributed by atoms with E-state index in [0.717, 1.165) is 38.4 Å². The zero-order valence-corrected chi connectivity index (χ0v) is 26.9. The van der Waals surface area contributed by atoms with Crippen molar-refractivity contribution in [3.63, 3.8) is 0 Å². The van der Waals surface area contributed by atoms with E-state index in [1.807, 2.05) is 45.3 Å². The predicted octanol–water partition coefficient (Wildman–Crippen LogP) is 3.38. The average molecular weight is 643 g/mol. The molecule has 246 valence electrons. The Balaban J connectivity index is 1.09. The lowest BCUT2D eigenvalue weighted by molar-refractivity contribution is 0.0269. The number of aryl methyl sites for hydroxylation is 2. The number of rotatable bonds is 11. The van der Waals surface area contributed by atoms with Gasteiger partial charge in [0.15, 0.2) is 17.4 Å². The van der Waals surface area contributed by atoms with Gasteiger partial charge in [0.2, 0.25) is 5.95 Å². The first kappa shape index (κ1) is 32.2. The summed E-state index contributed by atoms with van der Waals surface area (Å²) in [6, 6.07) is 4.94. The average Bonchev–Trinajstić information content (AvgIpc) is 3.68. The summed E-state index contributed by atoms with van der Waals surface area (Å²) in [7, 11) is 1.86. The first-order valence-corrected chi connectivity index (χ1v) is 15.7. The van der Waals surface area contributed by atoms with Gasteiger partial charge in [-0.25, -0.2) is 24.0 Å². The minimum Gasteiger partial charge on any atom is -0.489 e. The van der Waals surface area contributed by atoms with Crippen LogP contribution in [0.4, 0.5) is 16.2 Å². The van der Waals surface area contributed by atoms with Crippen LogP contribution in [0.2, 0.25) is 0 Å². The third-order valence-electron chi connectivity index (χ3n) is 7.95. The van der Waals surface area contributed by atoms with Gasteiger partial charge in [-0.05, 0) is 37.6 Å². The summed E-state index contributed by atoms with van der Waals surface area (Å²) in [6.45, 7) is 10.3. The maximum absolute atomic E-state index is 14.9. The Morgan fingerprint density at radius 1 is 1.13 bits per heavy atom. The summed E-state index contributed by atoms with van der Waals surface area (Å²) in [5, 5.41) is 12.9. The standard InChI is InChI=1S/C33H39FN10O3/c1-4-5-6-30(27-20-37-41(3)21-27)38-32-24(2)39-40-44(32)23-28-22-43(12-16-46-28)33-35-18-26(19-36-33)25-7-8-31(29(34)17-25)47-15-11-42-9-13-45-14-10-42/h4,6-8,17-21,28H,9-16,22-23H2,1-3H3/t5?,28-/m0/s1. The van der Waals surface area contributed by atoms with E-state index in [0.29, 0.717) is 67.1 Å². The second-order valence-electron chi connectivity index (χ2n) is 11.3. The quantitative estimate of drug-likeness (QED) is 0.178. The zero-order chi connectivity index (χ0) is 32.6. The van der Waals surface area contributed by atoms with Gasteiger partial charge in [-0.15, -0.1) is 10.8 Å². The molecule has 5 heterocycles. The molecule has 2 aliphatic heterocycles. The molecule has 2 aliphatic rings. The zero-order valence-electron chi connectivity index (χ0n) is 26.9. The molecule has 2 saturated heterocycles. The van der Waals surface area contributed by atoms with Crippen LogP contribution < -0.4 is 9.64 Å². The molecule has 1 aromatic carbocycles. The van der Waals surface area contributed by atoms with Crippen molar-refractivity contribution in [3.8, 4) is 16.9 Å². The highest BCUT2D eigenvalue weighted by atomic mass is 19.1. The number of nitrogens with zero attached hydrogens (tertiary/aromatic N) is 10. The molecule has 0 bridgehead atoms. The van der Waals surface area contributed by atoms with Crippen molar-refractivity contribution in [2.45, 2.75) is 26.5 Å². The Morgan fingerprint density at radius 2 is 1.96 bits per heavy atom. The van der Waals surface area contributed by atoms with Gasteiger partial charge in [0.05, 0.1) is 44.4 Å². The van der Waals surface area contributed by atoms with Crippen LogP contribution in [-0.2, 0) is 23.1 Å². The smallest absolute Gasteiger partial charge is 0.225 e. The number of anilines is 1. The van der Waals surface area contributed by atoms with Gasteiger partial charge in [0.25, 0.3) is 0 Å². The Bertz CT molecular complexity index is 1740. The fourth-order valence-electron chi connectivity index (χ4n) is 5.41. The van der Waals surface area contributed by atoms with E-state index in [1.54, 1.807) is 34.0 Å². The lowest BCUT2D eigenvalue weighted by Crippen LogP contribution is -2.45. The van der Waals surface area contributed by atoms with Gasteiger partial charge >= 0.3 is 0 Å². The minimum atomic E-state index is -0.415. The number of hydrogen-bond acceptors (Lipinski definition) is 11. The summed E-state index contributed by atoms with van der Waals surface area (Å²) in [4.78, 5) is 18.4. The molecule has 2 fully saturated rings. The monoisotopic (exact) mass is 642 g/mol. The van der Waals surface area contributed by atoms with Crippen molar-refractivity contribution >= 4 is 17.5 Å². The normalized spacial score (nSPS) is 17.4. The molecule has 47 heavy (non-hydrogen) atoms. The third-order valence-corrected chi connectivity index (χ3v) is 7.95. The van der Waals surface area contributed by atoms with Crippen molar-refractivity contribution in [3.05, 3.63) is 77.9 Å². The van der Waals surface area contributed by atoms with Gasteiger partial charge in [0.1, 0.15) is 12.3 Å². The van der Waals surface area contributed by atoms with Crippen LogP contribution >= 0.6 is 0 Å². The van der Waals surface area contributed by atoms with E-state index in [9.17, 15) is 4.39 Å². The van der Waals surface area contributed by atoms with Crippen LogP contribution in [0.25, 0.3) is 11.1 Å². The van der Waals surface area contributed by atoms with Crippen molar-refractivity contribution in [2.75, 3.05) is 64.1 Å². The third kappa shape index (κ3) is 8.16. The van der Waals surface area contributed by atoms with Crippen LogP contribution in [0.15, 0.2) is 65.9 Å². The molecule has 0 amide bonds. The summed E-state index contributed by atoms with van der Waals surface area (Å²) in [5.74, 6) is 1.04. The molecule has 0 aliphatic carbocycles. The molecule has 4 aromatic rings. The Kier molecular flexibility index (Phi) is 10.4. The molecule has 1 atom stereocenters. The Hall–Kier alpha value is -4.75. The molecule has 0 saturated carbocycles. The van der Waals surface area contributed by atoms with Crippen molar-refractivity contribution in [1.82, 2.24) is 39.6 Å². The number of halogens is 1. The first-order valence-electron chi connectivity index (χ1n) is 15.7. The van der Waals surface area contributed by atoms with Gasteiger partial charge < -0.3 is 19.1 Å². The molecular formula is C33H39FN10O3. The molecule has 6 rings (SSSR count). The van der Waals surface area contributed by atoms with Gasteiger partial charge in [-0.3, -0.25) is 9.58 Å². The fraction of sp³-hybridized carbons (Fsp3) is 0.424. The second-order valence-corrected chi connectivity index (χ2v) is 11.3. The van der Waals surface area contributed by atoms with Crippen LogP contribution in [0, 0.1) is 12.7 Å². The van der Waals surface area contributed by atoms with Crippen LogP contribution in [-0.4, -0.2) is 111 Å². The van der Waals surface area contributed by atoms with Crippen molar-refractivity contribution in [1.29, 1.82) is 0 Å². The Morgan fingerprint density at radius 3 is 2.70 bits per heavy atom. The van der Waals surface area contributed by atoms with E-state index in [-0.39, 0.29) is 11.9 Å². The van der Waals surface area contributed by atoms with E-state index in [4.69, 9.17) is 19.2 Å². The molecule has 0 spiro atoms.